The summed E-state index contributed by atoms with van der Waals surface area (Å²) >= 11 is 0. The molecule has 0 spiro atoms. The van der Waals surface area contributed by atoms with Crippen molar-refractivity contribution in [2.75, 3.05) is 18.4 Å². The summed E-state index contributed by atoms with van der Waals surface area (Å²) in [6.07, 6.45) is 4.99. The van der Waals surface area contributed by atoms with Gasteiger partial charge in [0.2, 0.25) is 0 Å². The lowest BCUT2D eigenvalue weighted by molar-refractivity contribution is 0.546. The van der Waals surface area contributed by atoms with E-state index >= 15 is 0 Å². The van der Waals surface area contributed by atoms with Crippen LogP contribution in [-0.2, 0) is 7.05 Å². The predicted octanol–water partition coefficient (Wildman–Crippen LogP) is 1.22. The average Bonchev–Trinajstić information content (AvgIpc) is 2.58. The molecule has 0 aliphatic carbocycles. The van der Waals surface area contributed by atoms with E-state index in [-0.39, 0.29) is 0 Å². The zero-order valence-corrected chi connectivity index (χ0v) is 9.25. The lowest BCUT2D eigenvalue weighted by atomic mass is 10.2. The van der Waals surface area contributed by atoms with Gasteiger partial charge in [0, 0.05) is 32.4 Å². The molecule has 4 nitrogen and oxygen atoms in total. The molecule has 1 aromatic heterocycles. The molecule has 0 aromatic carbocycles. The number of aryl methyl sites for hydroxylation is 1. The van der Waals surface area contributed by atoms with Crippen molar-refractivity contribution >= 4 is 5.69 Å². The van der Waals surface area contributed by atoms with E-state index < -0.39 is 0 Å². The van der Waals surface area contributed by atoms with Crippen LogP contribution in [0.2, 0.25) is 0 Å². The largest absolute Gasteiger partial charge is 0.381 e. The lowest BCUT2D eigenvalue weighted by Crippen LogP contribution is -2.30. The van der Waals surface area contributed by atoms with Crippen LogP contribution in [0.15, 0.2) is 12.4 Å². The van der Waals surface area contributed by atoms with Gasteiger partial charge in [0.25, 0.3) is 0 Å². The summed E-state index contributed by atoms with van der Waals surface area (Å²) in [6.45, 7) is 6.32. The molecule has 1 unspecified atom stereocenters. The van der Waals surface area contributed by atoms with Gasteiger partial charge >= 0.3 is 0 Å². The van der Waals surface area contributed by atoms with Crippen molar-refractivity contribution in [1.82, 2.24) is 15.1 Å². The van der Waals surface area contributed by atoms with E-state index in [0.29, 0.717) is 6.04 Å². The van der Waals surface area contributed by atoms with Crippen LogP contribution in [0.4, 0.5) is 5.69 Å². The van der Waals surface area contributed by atoms with Gasteiger partial charge < -0.3 is 10.6 Å². The van der Waals surface area contributed by atoms with Crippen molar-refractivity contribution in [3.05, 3.63) is 12.4 Å². The van der Waals surface area contributed by atoms with Crippen molar-refractivity contribution in [2.45, 2.75) is 26.3 Å². The van der Waals surface area contributed by atoms with Crippen molar-refractivity contribution in [3.8, 4) is 0 Å². The highest BCUT2D eigenvalue weighted by Gasteiger charge is 1.97. The Labute approximate surface area is 85.7 Å². The highest BCUT2D eigenvalue weighted by molar-refractivity contribution is 5.37. The van der Waals surface area contributed by atoms with Crippen molar-refractivity contribution < 1.29 is 0 Å². The molecule has 0 fully saturated rings. The highest BCUT2D eigenvalue weighted by atomic mass is 15.3. The number of aromatic nitrogens is 2. The molecule has 1 atom stereocenters. The Morgan fingerprint density at radius 3 is 2.86 bits per heavy atom. The van der Waals surface area contributed by atoms with E-state index in [4.69, 9.17) is 0 Å². The number of rotatable bonds is 6. The van der Waals surface area contributed by atoms with Gasteiger partial charge in [-0.25, -0.2) is 0 Å². The van der Waals surface area contributed by atoms with E-state index in [1.54, 1.807) is 4.68 Å². The second kappa shape index (κ2) is 5.65. The molecule has 0 amide bonds. The molecule has 4 heteroatoms. The van der Waals surface area contributed by atoms with Crippen molar-refractivity contribution in [2.24, 2.45) is 7.05 Å². The van der Waals surface area contributed by atoms with E-state index in [1.165, 1.54) is 6.42 Å². The van der Waals surface area contributed by atoms with Crippen LogP contribution >= 0.6 is 0 Å². The van der Waals surface area contributed by atoms with E-state index in [9.17, 15) is 0 Å². The minimum absolute atomic E-state index is 0.602. The standard InChI is InChI=1S/C10H20N4/c1-4-9(2)11-5-6-12-10-7-13-14(3)8-10/h7-9,11-12H,4-6H2,1-3H3. The number of hydrogen-bond acceptors (Lipinski definition) is 3. The molecule has 1 heterocycles. The Kier molecular flexibility index (Phi) is 4.46. The molecule has 0 bridgehead atoms. The van der Waals surface area contributed by atoms with Crippen LogP contribution in [0, 0.1) is 0 Å². The third-order valence-corrected chi connectivity index (χ3v) is 2.26. The summed E-state index contributed by atoms with van der Waals surface area (Å²) in [5.74, 6) is 0. The molecule has 0 saturated carbocycles. The van der Waals surface area contributed by atoms with Crippen molar-refractivity contribution in [3.63, 3.8) is 0 Å². The first kappa shape index (κ1) is 11.0. The van der Waals surface area contributed by atoms with Crippen LogP contribution in [-0.4, -0.2) is 28.9 Å². The quantitative estimate of drug-likeness (QED) is 0.672. The molecule has 1 rings (SSSR count). The molecule has 0 aliphatic rings. The first-order chi connectivity index (χ1) is 6.72. The normalized spacial score (nSPS) is 12.8. The highest BCUT2D eigenvalue weighted by Crippen LogP contribution is 2.01. The average molecular weight is 196 g/mol. The summed E-state index contributed by atoms with van der Waals surface area (Å²) in [5.41, 5.74) is 1.08. The lowest BCUT2D eigenvalue weighted by Gasteiger charge is -2.11. The molecular formula is C10H20N4. The van der Waals surface area contributed by atoms with Crippen LogP contribution < -0.4 is 10.6 Å². The Bertz CT molecular complexity index is 256. The van der Waals surface area contributed by atoms with Gasteiger partial charge in [-0.1, -0.05) is 6.92 Å². The topological polar surface area (TPSA) is 41.9 Å². The third kappa shape index (κ3) is 3.79. The molecule has 14 heavy (non-hydrogen) atoms. The first-order valence-corrected chi connectivity index (χ1v) is 5.18. The molecule has 0 aliphatic heterocycles. The second-order valence-corrected chi connectivity index (χ2v) is 3.59. The summed E-state index contributed by atoms with van der Waals surface area (Å²) in [6, 6.07) is 0.602. The van der Waals surface area contributed by atoms with Crippen LogP contribution in [0.25, 0.3) is 0 Å². The maximum atomic E-state index is 4.08. The van der Waals surface area contributed by atoms with E-state index in [1.807, 2.05) is 19.4 Å². The van der Waals surface area contributed by atoms with E-state index in [0.717, 1.165) is 18.8 Å². The Morgan fingerprint density at radius 2 is 2.29 bits per heavy atom. The second-order valence-electron chi connectivity index (χ2n) is 3.59. The molecule has 80 valence electrons. The van der Waals surface area contributed by atoms with Crippen LogP contribution in [0.1, 0.15) is 20.3 Å². The fourth-order valence-corrected chi connectivity index (χ4v) is 1.18. The molecule has 0 saturated heterocycles. The van der Waals surface area contributed by atoms with Gasteiger partial charge in [-0.05, 0) is 13.3 Å². The van der Waals surface area contributed by atoms with Gasteiger partial charge in [-0.15, -0.1) is 0 Å². The Hall–Kier alpha value is -1.03. The number of anilines is 1. The van der Waals surface area contributed by atoms with Gasteiger partial charge in [0.05, 0.1) is 11.9 Å². The number of nitrogens with zero attached hydrogens (tertiary/aromatic N) is 2. The fourth-order valence-electron chi connectivity index (χ4n) is 1.18. The maximum absolute atomic E-state index is 4.08. The van der Waals surface area contributed by atoms with Gasteiger partial charge in [-0.2, -0.15) is 5.10 Å². The third-order valence-electron chi connectivity index (χ3n) is 2.26. The maximum Gasteiger partial charge on any atom is 0.0726 e. The first-order valence-electron chi connectivity index (χ1n) is 5.18. The molecule has 2 N–H and O–H groups in total. The van der Waals surface area contributed by atoms with Crippen LogP contribution in [0.5, 0.6) is 0 Å². The van der Waals surface area contributed by atoms with Crippen LogP contribution in [0.3, 0.4) is 0 Å². The summed E-state index contributed by atoms with van der Waals surface area (Å²) in [4.78, 5) is 0. The Morgan fingerprint density at radius 1 is 1.50 bits per heavy atom. The smallest absolute Gasteiger partial charge is 0.0726 e. The SMILES string of the molecule is CCC(C)NCCNc1cnn(C)c1. The molecule has 1 aromatic rings. The zero-order chi connectivity index (χ0) is 10.4. The van der Waals surface area contributed by atoms with E-state index in [2.05, 4.69) is 29.6 Å². The number of hydrogen-bond donors (Lipinski definition) is 2. The number of nitrogens with one attached hydrogen (secondary N) is 2. The summed E-state index contributed by atoms with van der Waals surface area (Å²) in [5, 5.41) is 10.8. The molecular weight excluding hydrogens is 176 g/mol. The predicted molar refractivity (Wildman–Crippen MR) is 59.5 cm³/mol. The zero-order valence-electron chi connectivity index (χ0n) is 9.25. The monoisotopic (exact) mass is 196 g/mol. The Balaban J connectivity index is 2.10. The van der Waals surface area contributed by atoms with Gasteiger partial charge in [0.15, 0.2) is 0 Å². The molecule has 0 radical (unpaired) electrons. The minimum atomic E-state index is 0.602. The van der Waals surface area contributed by atoms with Gasteiger partial charge in [-0.3, -0.25) is 4.68 Å². The summed E-state index contributed by atoms with van der Waals surface area (Å²) in [7, 11) is 1.92. The van der Waals surface area contributed by atoms with Crippen molar-refractivity contribution in [1.29, 1.82) is 0 Å². The summed E-state index contributed by atoms with van der Waals surface area (Å²) < 4.78 is 1.80. The fraction of sp³-hybridized carbons (Fsp3) is 0.700. The van der Waals surface area contributed by atoms with Gasteiger partial charge in [0.1, 0.15) is 0 Å². The minimum Gasteiger partial charge on any atom is -0.381 e.